The first-order valence-electron chi connectivity index (χ1n) is 5.38. The minimum atomic E-state index is 0. The largest absolute Gasteiger partial charge is 1.00 e. The zero-order chi connectivity index (χ0) is 11.6. The van der Waals surface area contributed by atoms with E-state index in [0.29, 0.717) is 0 Å². The Morgan fingerprint density at radius 3 is 2.06 bits per heavy atom. The molecule has 1 heterocycles. The number of hydrogen-bond acceptors (Lipinski definition) is 2. The number of nitrogens with one attached hydrogen (secondary N) is 1. The quantitative estimate of drug-likeness (QED) is 0.373. The third-order valence-corrected chi connectivity index (χ3v) is 2.75. The Labute approximate surface area is 105 Å². The van der Waals surface area contributed by atoms with Crippen LogP contribution in [-0.4, -0.2) is 82.3 Å². The molecule has 0 spiro atoms. The third-order valence-electron chi connectivity index (χ3n) is 2.75. The van der Waals surface area contributed by atoms with Crippen molar-refractivity contribution in [2.75, 3.05) is 55.4 Å². The predicted octanol–water partition coefficient (Wildman–Crippen LogP) is -4.79. The summed E-state index contributed by atoms with van der Waals surface area (Å²) in [5.41, 5.74) is 0. The summed E-state index contributed by atoms with van der Waals surface area (Å²) in [7, 11) is 12.5. The van der Waals surface area contributed by atoms with Crippen LogP contribution in [0.3, 0.4) is 0 Å². The smallest absolute Gasteiger partial charge is 0.244 e. The monoisotopic (exact) mass is 249 g/mol. The minimum absolute atomic E-state index is 0. The van der Waals surface area contributed by atoms with E-state index in [0.717, 1.165) is 12.5 Å². The maximum absolute atomic E-state index is 4.79. The number of rotatable bonds is 1. The van der Waals surface area contributed by atoms with Crippen molar-refractivity contribution < 1.29 is 17.3 Å². The molecular weight excluding hydrogens is 226 g/mol. The molecule has 0 radical (unpaired) electrons. The molecule has 0 aromatic heterocycles. The van der Waals surface area contributed by atoms with E-state index in [2.05, 4.69) is 28.8 Å². The molecule has 6 heteroatoms. The van der Waals surface area contributed by atoms with Gasteiger partial charge in [0.25, 0.3) is 0 Å². The van der Waals surface area contributed by atoms with Gasteiger partial charge in [0.05, 0.1) is 20.1 Å². The van der Waals surface area contributed by atoms with Crippen LogP contribution in [0.25, 0.3) is 0 Å². The van der Waals surface area contributed by atoms with Crippen LogP contribution in [0.15, 0.2) is 4.99 Å². The summed E-state index contributed by atoms with van der Waals surface area (Å²) in [5.74, 6) is 1.02. The van der Waals surface area contributed by atoms with Crippen LogP contribution in [0.5, 0.6) is 0 Å². The molecule has 0 amide bonds. The van der Waals surface area contributed by atoms with E-state index >= 15 is 0 Å². The Morgan fingerprint density at radius 2 is 1.75 bits per heavy atom. The number of likely N-dealkylation sites (N-methyl/N-ethyl adjacent to an activating group) is 2. The van der Waals surface area contributed by atoms with Crippen LogP contribution in [0.2, 0.25) is 0 Å². The van der Waals surface area contributed by atoms with Crippen molar-refractivity contribution in [2.24, 2.45) is 4.99 Å². The van der Waals surface area contributed by atoms with Gasteiger partial charge in [-0.05, 0) is 7.05 Å². The SMILES string of the molecule is CN(C)C(=NC1N(C)CC[NH+]1C)N(C)C.[Cl-]. The molecule has 2 atom stereocenters. The van der Waals surface area contributed by atoms with Crippen LogP contribution in [0.4, 0.5) is 0 Å². The molecule has 2 unspecified atom stereocenters. The average Bonchev–Trinajstić information content (AvgIpc) is 2.42. The zero-order valence-corrected chi connectivity index (χ0v) is 11.9. The van der Waals surface area contributed by atoms with E-state index in [9.17, 15) is 0 Å². The van der Waals surface area contributed by atoms with Crippen molar-refractivity contribution in [3.8, 4) is 0 Å². The average molecular weight is 250 g/mol. The van der Waals surface area contributed by atoms with Crippen molar-refractivity contribution in [3.05, 3.63) is 0 Å². The normalized spacial score (nSPS) is 24.9. The molecule has 0 aromatic rings. The van der Waals surface area contributed by atoms with Crippen molar-refractivity contribution >= 4 is 5.96 Å². The van der Waals surface area contributed by atoms with Crippen molar-refractivity contribution in [1.82, 2.24) is 14.7 Å². The molecule has 16 heavy (non-hydrogen) atoms. The second-order valence-electron chi connectivity index (χ2n) is 4.67. The van der Waals surface area contributed by atoms with Gasteiger partial charge in [-0.1, -0.05) is 0 Å². The fourth-order valence-electron chi connectivity index (χ4n) is 1.93. The van der Waals surface area contributed by atoms with E-state index in [1.54, 1.807) is 0 Å². The maximum Gasteiger partial charge on any atom is 0.244 e. The molecule has 1 aliphatic rings. The maximum atomic E-state index is 4.79. The summed E-state index contributed by atoms with van der Waals surface area (Å²) in [5, 5.41) is 0. The molecular formula is C10H24ClN5. The highest BCUT2D eigenvalue weighted by molar-refractivity contribution is 5.79. The Bertz CT molecular complexity index is 221. The summed E-state index contributed by atoms with van der Waals surface area (Å²) < 4.78 is 0. The molecule has 1 rings (SSSR count). The van der Waals surface area contributed by atoms with E-state index < -0.39 is 0 Å². The van der Waals surface area contributed by atoms with Crippen molar-refractivity contribution in [2.45, 2.75) is 6.29 Å². The lowest BCUT2D eigenvalue weighted by atomic mass is 10.6. The summed E-state index contributed by atoms with van der Waals surface area (Å²) in [6.07, 6.45) is 0.254. The summed E-state index contributed by atoms with van der Waals surface area (Å²) in [6.45, 7) is 2.28. The Kier molecular flexibility index (Phi) is 6.07. The second kappa shape index (κ2) is 6.27. The molecule has 96 valence electrons. The third kappa shape index (κ3) is 3.50. The van der Waals surface area contributed by atoms with Crippen LogP contribution in [0.1, 0.15) is 0 Å². The standard InChI is InChI=1S/C10H23N5.ClH/c1-12(2)9(13(3)4)11-10-14(5)7-8-15(10)6;/h10H,7-8H2,1-6H3;1H. The van der Waals surface area contributed by atoms with Gasteiger partial charge in [-0.2, -0.15) is 4.99 Å². The van der Waals surface area contributed by atoms with Gasteiger partial charge < -0.3 is 27.1 Å². The first-order chi connectivity index (χ1) is 6.93. The highest BCUT2D eigenvalue weighted by Crippen LogP contribution is 1.98. The van der Waals surface area contributed by atoms with E-state index in [1.807, 2.05) is 28.2 Å². The highest BCUT2D eigenvalue weighted by Gasteiger charge is 2.30. The van der Waals surface area contributed by atoms with Crippen LogP contribution < -0.4 is 17.3 Å². The van der Waals surface area contributed by atoms with E-state index in [1.165, 1.54) is 11.4 Å². The van der Waals surface area contributed by atoms with Gasteiger partial charge in [-0.3, -0.25) is 0 Å². The number of hydrogen-bond donors (Lipinski definition) is 1. The Balaban J connectivity index is 0.00000225. The van der Waals surface area contributed by atoms with Gasteiger partial charge in [0.15, 0.2) is 0 Å². The molecule has 0 aromatic carbocycles. The number of halogens is 1. The van der Waals surface area contributed by atoms with Crippen LogP contribution in [-0.2, 0) is 0 Å². The Hall–Kier alpha value is -0.520. The van der Waals surface area contributed by atoms with E-state index in [-0.39, 0.29) is 18.7 Å². The highest BCUT2D eigenvalue weighted by atomic mass is 35.5. The van der Waals surface area contributed by atoms with Crippen molar-refractivity contribution in [3.63, 3.8) is 0 Å². The molecule has 0 aliphatic carbocycles. The van der Waals surface area contributed by atoms with Gasteiger partial charge in [0.1, 0.15) is 0 Å². The van der Waals surface area contributed by atoms with Crippen LogP contribution >= 0.6 is 0 Å². The molecule has 1 aliphatic heterocycles. The molecule has 1 fully saturated rings. The summed E-state index contributed by atoms with van der Waals surface area (Å²) >= 11 is 0. The summed E-state index contributed by atoms with van der Waals surface area (Å²) in [4.78, 5) is 12.7. The second-order valence-corrected chi connectivity index (χ2v) is 4.67. The first kappa shape index (κ1) is 15.5. The fourth-order valence-corrected chi connectivity index (χ4v) is 1.93. The van der Waals surface area contributed by atoms with Gasteiger partial charge in [-0.15, -0.1) is 0 Å². The molecule has 0 saturated carbocycles. The van der Waals surface area contributed by atoms with Gasteiger partial charge in [0, 0.05) is 28.2 Å². The van der Waals surface area contributed by atoms with Gasteiger partial charge in [-0.25, -0.2) is 4.90 Å². The minimum Gasteiger partial charge on any atom is -1.00 e. The lowest BCUT2D eigenvalue weighted by molar-refractivity contribution is -0.897. The zero-order valence-electron chi connectivity index (χ0n) is 11.2. The molecule has 1 saturated heterocycles. The van der Waals surface area contributed by atoms with Crippen molar-refractivity contribution in [1.29, 1.82) is 0 Å². The van der Waals surface area contributed by atoms with Gasteiger partial charge in [0.2, 0.25) is 12.2 Å². The number of aliphatic imine (C=N–C) groups is 1. The lowest BCUT2D eigenvalue weighted by Gasteiger charge is -2.26. The van der Waals surface area contributed by atoms with Gasteiger partial charge >= 0.3 is 0 Å². The number of nitrogens with zero attached hydrogens (tertiary/aromatic N) is 4. The van der Waals surface area contributed by atoms with E-state index in [4.69, 9.17) is 4.99 Å². The van der Waals surface area contributed by atoms with Crippen LogP contribution in [0, 0.1) is 0 Å². The lowest BCUT2D eigenvalue weighted by Crippen LogP contribution is -3.11. The number of quaternary nitrogens is 1. The molecule has 1 N–H and O–H groups in total. The molecule has 0 bridgehead atoms. The number of guanidine groups is 1. The first-order valence-corrected chi connectivity index (χ1v) is 5.38. The predicted molar refractivity (Wildman–Crippen MR) is 63.0 cm³/mol. The molecule has 5 nitrogen and oxygen atoms in total. The topological polar surface area (TPSA) is 26.5 Å². The Morgan fingerprint density at radius 1 is 1.25 bits per heavy atom. The fraction of sp³-hybridized carbons (Fsp3) is 0.900. The summed E-state index contributed by atoms with van der Waals surface area (Å²) in [6, 6.07) is 0.